The van der Waals surface area contributed by atoms with E-state index in [9.17, 15) is 9.67 Å². The Morgan fingerprint density at radius 3 is 2.95 bits per heavy atom. The third-order valence-electron chi connectivity index (χ3n) is 3.31. The smallest absolute Gasteiger partial charge is 0.390 e. The Labute approximate surface area is 124 Å². The number of aliphatic hydroxyl groups excluding tert-OH is 1. The third kappa shape index (κ3) is 2.95. The van der Waals surface area contributed by atoms with Crippen LogP contribution in [0.3, 0.4) is 0 Å². The Kier molecular flexibility index (Phi) is 3.85. The van der Waals surface area contributed by atoms with Gasteiger partial charge in [-0.1, -0.05) is 0 Å². The molecule has 1 aliphatic heterocycles. The van der Waals surface area contributed by atoms with Gasteiger partial charge in [-0.25, -0.2) is 19.5 Å². The maximum Gasteiger partial charge on any atom is 0.469 e. The number of phosphoric acid groups is 1. The number of phosphoric ester groups is 1. The minimum atomic E-state index is -4.62. The third-order valence-corrected chi connectivity index (χ3v) is 3.79. The predicted octanol–water partition coefficient (Wildman–Crippen LogP) is -0.834. The van der Waals surface area contributed by atoms with Crippen molar-refractivity contribution in [3.05, 3.63) is 12.7 Å². The first-order valence-electron chi connectivity index (χ1n) is 6.32. The van der Waals surface area contributed by atoms with E-state index in [0.717, 1.165) is 0 Å². The number of nitrogens with two attached hydrogens (primary N) is 1. The van der Waals surface area contributed by atoms with Crippen molar-refractivity contribution in [1.29, 1.82) is 0 Å². The van der Waals surface area contributed by atoms with Crippen molar-refractivity contribution in [2.75, 3.05) is 12.3 Å². The van der Waals surface area contributed by atoms with Crippen LogP contribution in [0.4, 0.5) is 5.82 Å². The number of aliphatic hydroxyl groups is 1. The minimum absolute atomic E-state index is 0.199. The van der Waals surface area contributed by atoms with Gasteiger partial charge in [-0.2, -0.15) is 0 Å². The van der Waals surface area contributed by atoms with Gasteiger partial charge in [-0.05, 0) is 0 Å². The lowest BCUT2D eigenvalue weighted by Crippen LogP contribution is -2.25. The average Bonchev–Trinajstić information content (AvgIpc) is 3.00. The van der Waals surface area contributed by atoms with E-state index in [1.807, 2.05) is 0 Å². The van der Waals surface area contributed by atoms with Crippen LogP contribution in [-0.2, 0) is 13.8 Å². The molecule has 0 radical (unpaired) electrons. The number of nitrogen functional groups attached to an aromatic ring is 1. The van der Waals surface area contributed by atoms with Crippen molar-refractivity contribution in [2.45, 2.75) is 24.9 Å². The average molecular weight is 341 g/mol. The number of anilines is 1. The molecule has 1 fully saturated rings. The maximum absolute atomic E-state index is 10.7. The fourth-order valence-electron chi connectivity index (χ4n) is 2.29. The lowest BCUT2D eigenvalue weighted by atomic mass is 11.1. The van der Waals surface area contributed by atoms with Crippen LogP contribution < -0.4 is 5.73 Å². The molecule has 22 heavy (non-hydrogen) atoms. The molecule has 1 saturated heterocycles. The SMILES string of the molecule is N[13c]1n[13cH]n[13c]2[13c]1n[13cH]n2[13C@H]1[13CH2][13C@@H](O)[13C@@H]([13CH2]OP(=O)(O)O)O1. The zero-order chi connectivity index (χ0) is 15.9. The Morgan fingerprint density at radius 2 is 2.23 bits per heavy atom. The number of fused-ring (bicyclic) bond motifs is 1. The highest BCUT2D eigenvalue weighted by Crippen LogP contribution is 2.38. The first kappa shape index (κ1) is 15.3. The van der Waals surface area contributed by atoms with E-state index in [4.69, 9.17) is 20.3 Å². The van der Waals surface area contributed by atoms with Crippen LogP contribution in [0, 0.1) is 0 Å². The van der Waals surface area contributed by atoms with Gasteiger partial charge in [0.05, 0.1) is 19.0 Å². The number of nitrogens with zero attached hydrogens (tertiary/aromatic N) is 4. The van der Waals surface area contributed by atoms with Crippen LogP contribution in [0.5, 0.6) is 0 Å². The van der Waals surface area contributed by atoms with Gasteiger partial charge in [0.25, 0.3) is 0 Å². The highest BCUT2D eigenvalue weighted by Gasteiger charge is 2.37. The molecule has 2 aromatic heterocycles. The van der Waals surface area contributed by atoms with E-state index in [-0.39, 0.29) is 12.2 Å². The first-order valence-corrected chi connectivity index (χ1v) is 7.85. The van der Waals surface area contributed by atoms with Crippen LogP contribution in [0.2, 0.25) is 0 Å². The van der Waals surface area contributed by atoms with Gasteiger partial charge in [0.15, 0.2) is 11.5 Å². The summed E-state index contributed by atoms with van der Waals surface area (Å²) in [6, 6.07) is 0. The van der Waals surface area contributed by atoms with Gasteiger partial charge in [0, 0.05) is 6.42 Å². The second-order valence-corrected chi connectivity index (χ2v) is 6.04. The first-order chi connectivity index (χ1) is 10.3. The number of hydrogen-bond donors (Lipinski definition) is 4. The van der Waals surface area contributed by atoms with Crippen LogP contribution in [0.1, 0.15) is 12.6 Å². The summed E-state index contributed by atoms with van der Waals surface area (Å²) in [5.41, 5.74) is 6.55. The molecule has 1 aliphatic rings. The van der Waals surface area contributed by atoms with E-state index in [2.05, 4.69) is 19.5 Å². The van der Waals surface area contributed by atoms with Gasteiger partial charge in [0.1, 0.15) is 24.2 Å². The Morgan fingerprint density at radius 1 is 1.45 bits per heavy atom. The number of aromatic nitrogens is 4. The molecule has 12 heteroatoms. The zero-order valence-corrected chi connectivity index (χ0v) is 12.1. The molecule has 120 valence electrons. The van der Waals surface area contributed by atoms with Crippen molar-refractivity contribution in [3.63, 3.8) is 0 Å². The molecule has 0 unspecified atom stereocenters. The molecule has 3 atom stereocenters. The van der Waals surface area contributed by atoms with Crippen molar-refractivity contribution in [3.8, 4) is 0 Å². The quantitative estimate of drug-likeness (QED) is 0.407. The van der Waals surface area contributed by atoms with Gasteiger partial charge in [-0.3, -0.25) is 9.09 Å². The fourth-order valence-corrected chi connectivity index (χ4v) is 2.63. The lowest BCUT2D eigenvalue weighted by Gasteiger charge is -2.16. The number of hydrogen-bond acceptors (Lipinski definition) is 8. The summed E-state index contributed by atoms with van der Waals surface area (Å²) in [5.74, 6) is 0.226. The molecule has 0 aromatic carbocycles. The number of rotatable bonds is 4. The summed E-state index contributed by atoms with van der Waals surface area (Å²) in [5, 5.41) is 9.93. The van der Waals surface area contributed by atoms with Crippen molar-refractivity contribution in [2.24, 2.45) is 0 Å². The molecule has 3 heterocycles. The minimum Gasteiger partial charge on any atom is -0.390 e. The van der Waals surface area contributed by atoms with Crippen LogP contribution in [0.15, 0.2) is 12.7 Å². The largest absolute Gasteiger partial charge is 0.469 e. The molecule has 0 bridgehead atoms. The lowest BCUT2D eigenvalue weighted by molar-refractivity contribution is -0.0424. The van der Waals surface area contributed by atoms with Gasteiger partial charge in [-0.15, -0.1) is 0 Å². The molecule has 0 aliphatic carbocycles. The Hall–Kier alpha value is -1.62. The molecule has 0 saturated carbocycles. The van der Waals surface area contributed by atoms with E-state index in [1.165, 1.54) is 12.7 Å². The summed E-state index contributed by atoms with van der Waals surface area (Å²) >= 11 is 0. The molecule has 11 nitrogen and oxygen atoms in total. The van der Waals surface area contributed by atoms with Crippen LogP contribution in [0.25, 0.3) is 11.2 Å². The van der Waals surface area contributed by atoms with E-state index < -0.39 is 32.9 Å². The second kappa shape index (κ2) is 5.54. The molecular weight excluding hydrogens is 327 g/mol. The molecule has 0 spiro atoms. The summed E-state index contributed by atoms with van der Waals surface area (Å²) in [7, 11) is -4.62. The molecule has 3 rings (SSSR count). The normalized spacial score (nSPS) is 25.9. The molecule has 2 aromatic rings. The molecular formula is C10H14N5O6P. The summed E-state index contributed by atoms with van der Waals surface area (Å²) in [6.07, 6.45) is 0.543. The van der Waals surface area contributed by atoms with Crippen molar-refractivity contribution < 1.29 is 28.7 Å². The van der Waals surface area contributed by atoms with Crippen LogP contribution in [-0.4, -0.2) is 53.2 Å². The number of ether oxygens (including phenoxy) is 1. The number of imidazole rings is 1. The fraction of sp³-hybridized carbons (Fsp3) is 0.500. The predicted molar refractivity (Wildman–Crippen MR) is 72.3 cm³/mol. The Bertz CT molecular complexity index is 732. The highest BCUT2D eigenvalue weighted by atomic mass is 31.2. The van der Waals surface area contributed by atoms with Gasteiger partial charge >= 0.3 is 7.82 Å². The van der Waals surface area contributed by atoms with Crippen molar-refractivity contribution in [1.82, 2.24) is 19.5 Å². The van der Waals surface area contributed by atoms with E-state index in [0.29, 0.717) is 11.2 Å². The van der Waals surface area contributed by atoms with E-state index in [1.54, 1.807) is 4.57 Å². The van der Waals surface area contributed by atoms with Crippen molar-refractivity contribution >= 4 is 24.8 Å². The van der Waals surface area contributed by atoms with E-state index >= 15 is 0 Å². The summed E-state index contributed by atoms with van der Waals surface area (Å²) in [6.45, 7) is -0.425. The second-order valence-electron chi connectivity index (χ2n) is 4.80. The standard InChI is InChI=1S/C10H14N5O6P/c11-9-8-10(13-3-12-9)15(4-14-8)7-1-5(16)6(21-7)2-20-22(17,18)19/h3-7,16H,1-2H2,(H2,11,12,13)(H2,17,18,19)/t5-,6-,7-/m1/s1/i1+1,2+1,3+1,4+1,5+1,6+1,7+1,8+1,9+1,10+1. The van der Waals surface area contributed by atoms with Gasteiger partial charge in [0.2, 0.25) is 0 Å². The monoisotopic (exact) mass is 341 g/mol. The Balaban J connectivity index is 1.78. The zero-order valence-electron chi connectivity index (χ0n) is 11.2. The van der Waals surface area contributed by atoms with Crippen LogP contribution >= 0.6 is 7.82 Å². The van der Waals surface area contributed by atoms with Gasteiger partial charge < -0.3 is 25.4 Å². The topological polar surface area (TPSA) is 166 Å². The summed E-state index contributed by atoms with van der Waals surface area (Å²) < 4.78 is 22.2. The molecule has 5 N–H and O–H groups in total. The highest BCUT2D eigenvalue weighted by molar-refractivity contribution is 7.46. The maximum atomic E-state index is 10.7. The summed E-state index contributed by atoms with van der Waals surface area (Å²) in [4.78, 5) is 29.4. The molecule has 0 amide bonds.